The minimum atomic E-state index is -0.0510. The second-order valence-corrected chi connectivity index (χ2v) is 6.65. The first kappa shape index (κ1) is 18.7. The molecule has 134 valence electrons. The first-order chi connectivity index (χ1) is 11.7. The number of unbranched alkanes of at least 4 members (excludes halogenated alkanes) is 1. The third kappa shape index (κ3) is 5.80. The summed E-state index contributed by atoms with van der Waals surface area (Å²) < 4.78 is 5.56. The first-order valence-corrected chi connectivity index (χ1v) is 9.09. The monoisotopic (exact) mass is 332 g/mol. The fraction of sp³-hybridized carbons (Fsp3) is 0.632. The van der Waals surface area contributed by atoms with Crippen molar-refractivity contribution in [1.29, 1.82) is 0 Å². The van der Waals surface area contributed by atoms with Crippen molar-refractivity contribution in [2.24, 2.45) is 10.7 Å². The molecule has 1 aliphatic heterocycles. The van der Waals surface area contributed by atoms with Gasteiger partial charge in [-0.05, 0) is 31.7 Å². The Morgan fingerprint density at radius 2 is 2.00 bits per heavy atom. The number of nitrogens with one attached hydrogen (secondary N) is 2. The van der Waals surface area contributed by atoms with Gasteiger partial charge in [-0.1, -0.05) is 43.7 Å². The number of nitrogens with zero attached hydrogens (tertiary/aromatic N) is 1. The Hall–Kier alpha value is -1.59. The maximum atomic E-state index is 6.01. The second-order valence-electron chi connectivity index (χ2n) is 6.65. The molecule has 1 saturated heterocycles. The zero-order valence-electron chi connectivity index (χ0n) is 15.1. The van der Waals surface area contributed by atoms with Crippen LogP contribution in [0.1, 0.15) is 51.1 Å². The van der Waals surface area contributed by atoms with Gasteiger partial charge in [-0.25, -0.2) is 0 Å². The van der Waals surface area contributed by atoms with Gasteiger partial charge < -0.3 is 21.1 Å². The summed E-state index contributed by atoms with van der Waals surface area (Å²) in [6, 6.07) is 10.8. The van der Waals surface area contributed by atoms with Crippen molar-refractivity contribution in [3.63, 3.8) is 0 Å². The molecule has 2 rings (SSSR count). The van der Waals surface area contributed by atoms with Gasteiger partial charge in [0.15, 0.2) is 5.96 Å². The summed E-state index contributed by atoms with van der Waals surface area (Å²) in [4.78, 5) is 4.60. The van der Waals surface area contributed by atoms with Crippen LogP contribution in [-0.4, -0.2) is 37.8 Å². The van der Waals surface area contributed by atoms with E-state index in [-0.39, 0.29) is 11.6 Å². The predicted molar refractivity (Wildman–Crippen MR) is 100 cm³/mol. The first-order valence-electron chi connectivity index (χ1n) is 9.09. The molecule has 4 N–H and O–H groups in total. The highest BCUT2D eigenvalue weighted by Gasteiger charge is 2.33. The molecule has 1 aliphatic rings. The van der Waals surface area contributed by atoms with Crippen molar-refractivity contribution in [3.8, 4) is 0 Å². The standard InChI is InChI=1S/C19H32N4O/c1-3-4-12-21-18(20)22-15-19(10-13-24-14-11-19)23-16(2)17-8-6-5-7-9-17/h5-9,16,23H,3-4,10-15H2,1-2H3,(H3,20,21,22). The zero-order chi connectivity index (χ0) is 17.3. The average molecular weight is 332 g/mol. The molecule has 1 unspecified atom stereocenters. The van der Waals surface area contributed by atoms with Gasteiger partial charge in [0, 0.05) is 31.3 Å². The van der Waals surface area contributed by atoms with Gasteiger partial charge in [0.05, 0.1) is 6.54 Å². The van der Waals surface area contributed by atoms with Crippen LogP contribution in [0, 0.1) is 0 Å². The van der Waals surface area contributed by atoms with Crippen molar-refractivity contribution in [3.05, 3.63) is 35.9 Å². The molecule has 5 nitrogen and oxygen atoms in total. The van der Waals surface area contributed by atoms with E-state index < -0.39 is 0 Å². The SMILES string of the molecule is CCCCNC(N)=NCC1(NC(C)c2ccccc2)CCOCC1. The van der Waals surface area contributed by atoms with E-state index in [4.69, 9.17) is 10.5 Å². The Bertz CT molecular complexity index is 497. The van der Waals surface area contributed by atoms with E-state index in [0.29, 0.717) is 12.5 Å². The number of aliphatic imine (C=N–C) groups is 1. The van der Waals surface area contributed by atoms with Crippen LogP contribution in [0.15, 0.2) is 35.3 Å². The van der Waals surface area contributed by atoms with Crippen LogP contribution >= 0.6 is 0 Å². The summed E-state index contributed by atoms with van der Waals surface area (Å²) in [5.41, 5.74) is 7.25. The smallest absolute Gasteiger partial charge is 0.188 e. The lowest BCUT2D eigenvalue weighted by Crippen LogP contribution is -2.53. The van der Waals surface area contributed by atoms with Crippen molar-refractivity contribution in [1.82, 2.24) is 10.6 Å². The summed E-state index contributed by atoms with van der Waals surface area (Å²) in [6.45, 7) is 7.48. The lowest BCUT2D eigenvalue weighted by atomic mass is 9.88. The minimum absolute atomic E-state index is 0.0510. The molecule has 0 aliphatic carbocycles. The van der Waals surface area contributed by atoms with E-state index in [1.807, 2.05) is 6.07 Å². The number of hydrogen-bond acceptors (Lipinski definition) is 3. The number of nitrogens with two attached hydrogens (primary N) is 1. The fourth-order valence-electron chi connectivity index (χ4n) is 3.08. The van der Waals surface area contributed by atoms with Crippen LogP contribution < -0.4 is 16.4 Å². The van der Waals surface area contributed by atoms with Crippen molar-refractivity contribution < 1.29 is 4.74 Å². The molecule has 0 amide bonds. The van der Waals surface area contributed by atoms with Crippen LogP contribution in [0.3, 0.4) is 0 Å². The van der Waals surface area contributed by atoms with Crippen LogP contribution in [0.5, 0.6) is 0 Å². The minimum Gasteiger partial charge on any atom is -0.381 e. The molecule has 0 aromatic heterocycles. The Balaban J connectivity index is 1.99. The molecular formula is C19H32N4O. The third-order valence-electron chi connectivity index (χ3n) is 4.66. The Labute approximate surface area is 146 Å². The molecule has 24 heavy (non-hydrogen) atoms. The molecule has 1 fully saturated rings. The van der Waals surface area contributed by atoms with Crippen molar-refractivity contribution in [2.75, 3.05) is 26.3 Å². The number of ether oxygens (including phenoxy) is 1. The average Bonchev–Trinajstić information content (AvgIpc) is 2.62. The summed E-state index contributed by atoms with van der Waals surface area (Å²) in [5.74, 6) is 0.545. The Morgan fingerprint density at radius 1 is 1.29 bits per heavy atom. The molecule has 0 spiro atoms. The molecule has 1 aromatic rings. The highest BCUT2D eigenvalue weighted by Crippen LogP contribution is 2.25. The molecule has 0 saturated carbocycles. The second kappa shape index (κ2) is 9.64. The van der Waals surface area contributed by atoms with Gasteiger partial charge in [-0.3, -0.25) is 4.99 Å². The van der Waals surface area contributed by atoms with E-state index >= 15 is 0 Å². The highest BCUT2D eigenvalue weighted by molar-refractivity contribution is 5.77. The van der Waals surface area contributed by atoms with Gasteiger partial charge in [0.25, 0.3) is 0 Å². The topological polar surface area (TPSA) is 71.7 Å². The highest BCUT2D eigenvalue weighted by atomic mass is 16.5. The quantitative estimate of drug-likeness (QED) is 0.389. The van der Waals surface area contributed by atoms with E-state index in [0.717, 1.165) is 45.4 Å². The van der Waals surface area contributed by atoms with Gasteiger partial charge in [-0.2, -0.15) is 0 Å². The maximum absolute atomic E-state index is 6.01. The molecule has 1 aromatic carbocycles. The number of benzene rings is 1. The van der Waals surface area contributed by atoms with Crippen molar-refractivity contribution in [2.45, 2.75) is 51.1 Å². The van der Waals surface area contributed by atoms with E-state index in [2.05, 4.69) is 53.7 Å². The normalized spacial score (nSPS) is 19.0. The van der Waals surface area contributed by atoms with Gasteiger partial charge in [0.1, 0.15) is 0 Å². The summed E-state index contributed by atoms with van der Waals surface area (Å²) in [6.07, 6.45) is 4.17. The largest absolute Gasteiger partial charge is 0.381 e. The summed E-state index contributed by atoms with van der Waals surface area (Å²) in [5, 5.41) is 6.99. The zero-order valence-corrected chi connectivity index (χ0v) is 15.1. The van der Waals surface area contributed by atoms with Gasteiger partial charge >= 0.3 is 0 Å². The van der Waals surface area contributed by atoms with Crippen LogP contribution in [0.2, 0.25) is 0 Å². The van der Waals surface area contributed by atoms with E-state index in [9.17, 15) is 0 Å². The number of hydrogen-bond donors (Lipinski definition) is 3. The predicted octanol–water partition coefficient (Wildman–Crippen LogP) is 2.59. The Kier molecular flexibility index (Phi) is 7.53. The summed E-state index contributed by atoms with van der Waals surface area (Å²) >= 11 is 0. The molecule has 1 atom stereocenters. The van der Waals surface area contributed by atoms with Gasteiger partial charge in [0.2, 0.25) is 0 Å². The Morgan fingerprint density at radius 3 is 2.67 bits per heavy atom. The maximum Gasteiger partial charge on any atom is 0.188 e. The van der Waals surface area contributed by atoms with Gasteiger partial charge in [-0.15, -0.1) is 0 Å². The fourth-order valence-corrected chi connectivity index (χ4v) is 3.08. The van der Waals surface area contributed by atoms with Crippen LogP contribution in [-0.2, 0) is 4.74 Å². The number of guanidine groups is 1. The lowest BCUT2D eigenvalue weighted by Gasteiger charge is -2.39. The molecule has 1 heterocycles. The molecule has 0 radical (unpaired) electrons. The number of rotatable bonds is 8. The van der Waals surface area contributed by atoms with Crippen molar-refractivity contribution >= 4 is 5.96 Å². The van der Waals surface area contributed by atoms with Crippen LogP contribution in [0.25, 0.3) is 0 Å². The van der Waals surface area contributed by atoms with E-state index in [1.54, 1.807) is 0 Å². The molecular weight excluding hydrogens is 300 g/mol. The lowest BCUT2D eigenvalue weighted by molar-refractivity contribution is 0.0374. The molecule has 0 bridgehead atoms. The van der Waals surface area contributed by atoms with Crippen LogP contribution in [0.4, 0.5) is 0 Å². The molecule has 5 heteroatoms. The summed E-state index contributed by atoms with van der Waals surface area (Å²) in [7, 11) is 0. The van der Waals surface area contributed by atoms with E-state index in [1.165, 1.54) is 5.56 Å². The third-order valence-corrected chi connectivity index (χ3v) is 4.66.